The first-order valence-corrected chi connectivity index (χ1v) is 14.4. The Hall–Kier alpha value is -3.84. The molecule has 2 saturated heterocycles. The van der Waals surface area contributed by atoms with Crippen molar-refractivity contribution in [3.05, 3.63) is 29.8 Å². The number of carboxylic acid groups (broad SMARTS) is 1. The zero-order valence-corrected chi connectivity index (χ0v) is 23.4. The largest absolute Gasteiger partial charge is 0.481 e. The number of piperazine rings is 1. The third kappa shape index (κ3) is 6.62. The third-order valence-electron chi connectivity index (χ3n) is 8.39. The van der Waals surface area contributed by atoms with Crippen molar-refractivity contribution in [3.8, 4) is 0 Å². The number of carbonyl (C=O) groups is 3. The second kappa shape index (κ2) is 12.2. The van der Waals surface area contributed by atoms with E-state index in [-0.39, 0.29) is 35.5 Å². The lowest BCUT2D eigenvalue weighted by molar-refractivity contribution is -0.145. The van der Waals surface area contributed by atoms with Gasteiger partial charge in [0.15, 0.2) is 5.69 Å². The zero-order valence-electron chi connectivity index (χ0n) is 23.4. The summed E-state index contributed by atoms with van der Waals surface area (Å²) in [6, 6.07) is 2.99. The minimum Gasteiger partial charge on any atom is -0.481 e. The Balaban J connectivity index is 1.17. The van der Waals surface area contributed by atoms with Gasteiger partial charge in [-0.15, -0.1) is 0 Å². The molecule has 4 heterocycles. The molecular weight excluding hydrogens is 557 g/mol. The van der Waals surface area contributed by atoms with Crippen LogP contribution in [0.25, 0.3) is 0 Å². The van der Waals surface area contributed by atoms with Gasteiger partial charge in [-0.1, -0.05) is 6.92 Å². The summed E-state index contributed by atoms with van der Waals surface area (Å²) in [6.45, 7) is 5.16. The van der Waals surface area contributed by atoms with E-state index in [1.807, 2.05) is 16.7 Å². The molecular formula is C28H35F3N6O5. The summed E-state index contributed by atoms with van der Waals surface area (Å²) in [7, 11) is 0. The van der Waals surface area contributed by atoms with Crippen LogP contribution in [0, 0.1) is 17.8 Å². The van der Waals surface area contributed by atoms with Gasteiger partial charge >= 0.3 is 12.1 Å². The predicted octanol–water partition coefficient (Wildman–Crippen LogP) is 4.12. The highest BCUT2D eigenvalue weighted by atomic mass is 19.4. The van der Waals surface area contributed by atoms with Gasteiger partial charge in [-0.3, -0.25) is 14.4 Å². The quantitative estimate of drug-likeness (QED) is 0.509. The van der Waals surface area contributed by atoms with Crippen molar-refractivity contribution < 1.29 is 37.1 Å². The standard InChI is InChI=1S/C28H35F3N6O5/c1-17-3-2-10-37(16-17)27-34-23(28(29,30)31)22(42-27)24(38)33-21-9-8-20(15-32-21)35-11-13-36(14-12-35)25(39)18-4-6-19(7-5-18)26(40)41/h8-9,15,17-19H,2-7,10-14,16H2,1H3,(H,40,41)(H,32,33,38)/t17?,18-,19-. The molecule has 1 saturated carbocycles. The number of amides is 2. The van der Waals surface area contributed by atoms with Crippen LogP contribution in [0.15, 0.2) is 22.7 Å². The van der Waals surface area contributed by atoms with E-state index in [0.29, 0.717) is 65.0 Å². The van der Waals surface area contributed by atoms with Crippen molar-refractivity contribution in [2.24, 2.45) is 17.8 Å². The van der Waals surface area contributed by atoms with Crippen LogP contribution in [-0.4, -0.2) is 77.0 Å². The summed E-state index contributed by atoms with van der Waals surface area (Å²) >= 11 is 0. The van der Waals surface area contributed by atoms with E-state index in [4.69, 9.17) is 4.42 Å². The molecule has 2 aliphatic heterocycles. The van der Waals surface area contributed by atoms with Crippen LogP contribution in [0.3, 0.4) is 0 Å². The van der Waals surface area contributed by atoms with Crippen LogP contribution in [0.4, 0.5) is 30.7 Å². The summed E-state index contributed by atoms with van der Waals surface area (Å²) in [5.74, 6) is -2.89. The molecule has 2 aromatic rings. The van der Waals surface area contributed by atoms with Crippen LogP contribution >= 0.6 is 0 Å². The number of hydrogen-bond acceptors (Lipinski definition) is 8. The maximum atomic E-state index is 13.7. The van der Waals surface area contributed by atoms with Gasteiger partial charge in [0, 0.05) is 45.2 Å². The van der Waals surface area contributed by atoms with Gasteiger partial charge in [0.1, 0.15) is 5.82 Å². The monoisotopic (exact) mass is 592 g/mol. The molecule has 1 unspecified atom stereocenters. The number of aromatic nitrogens is 2. The number of hydrogen-bond donors (Lipinski definition) is 2. The Labute approximate surface area is 241 Å². The molecule has 14 heteroatoms. The first kappa shape index (κ1) is 29.6. The average molecular weight is 593 g/mol. The van der Waals surface area contributed by atoms with Crippen LogP contribution in [0.1, 0.15) is 61.7 Å². The number of nitrogens with one attached hydrogen (secondary N) is 1. The number of nitrogens with zero attached hydrogens (tertiary/aromatic N) is 5. The molecule has 0 radical (unpaired) electrons. The number of alkyl halides is 3. The van der Waals surface area contributed by atoms with Gasteiger partial charge in [0.2, 0.25) is 11.7 Å². The lowest BCUT2D eigenvalue weighted by Crippen LogP contribution is -2.50. The minimum atomic E-state index is -4.87. The first-order chi connectivity index (χ1) is 20.0. The molecule has 228 valence electrons. The van der Waals surface area contributed by atoms with E-state index in [1.54, 1.807) is 11.0 Å². The fraction of sp³-hybridized carbons (Fsp3) is 0.607. The number of carbonyl (C=O) groups excluding carboxylic acids is 2. The zero-order chi connectivity index (χ0) is 30.0. The Kier molecular flexibility index (Phi) is 8.60. The van der Waals surface area contributed by atoms with E-state index < -0.39 is 29.5 Å². The van der Waals surface area contributed by atoms with Crippen molar-refractivity contribution in [2.75, 3.05) is 54.4 Å². The second-order valence-electron chi connectivity index (χ2n) is 11.4. The smallest absolute Gasteiger partial charge is 0.437 e. The predicted molar refractivity (Wildman–Crippen MR) is 146 cm³/mol. The Morgan fingerprint density at radius 3 is 2.26 bits per heavy atom. The van der Waals surface area contributed by atoms with Gasteiger partial charge in [-0.2, -0.15) is 18.2 Å². The number of oxazole rings is 1. The normalized spacial score (nSPS) is 23.5. The first-order valence-electron chi connectivity index (χ1n) is 14.4. The Morgan fingerprint density at radius 2 is 1.67 bits per heavy atom. The molecule has 3 aliphatic rings. The molecule has 5 rings (SSSR count). The highest BCUT2D eigenvalue weighted by molar-refractivity contribution is 6.02. The Morgan fingerprint density at radius 1 is 0.976 bits per heavy atom. The van der Waals surface area contributed by atoms with Crippen molar-refractivity contribution in [1.29, 1.82) is 0 Å². The number of piperidine rings is 1. The Bertz CT molecular complexity index is 1280. The maximum Gasteiger partial charge on any atom is 0.437 e. The highest BCUT2D eigenvalue weighted by Crippen LogP contribution is 2.35. The van der Waals surface area contributed by atoms with Gasteiger partial charge < -0.3 is 29.5 Å². The van der Waals surface area contributed by atoms with E-state index in [0.717, 1.165) is 18.5 Å². The lowest BCUT2D eigenvalue weighted by Gasteiger charge is -2.38. The molecule has 3 fully saturated rings. The van der Waals surface area contributed by atoms with Crippen molar-refractivity contribution in [1.82, 2.24) is 14.9 Å². The second-order valence-corrected chi connectivity index (χ2v) is 11.4. The molecule has 1 aliphatic carbocycles. The number of aliphatic carboxylic acids is 1. The molecule has 0 spiro atoms. The number of anilines is 3. The summed E-state index contributed by atoms with van der Waals surface area (Å²) in [4.78, 5) is 50.3. The highest BCUT2D eigenvalue weighted by Gasteiger charge is 2.42. The van der Waals surface area contributed by atoms with Gasteiger partial charge in [-0.25, -0.2) is 4.98 Å². The van der Waals surface area contributed by atoms with E-state index in [1.165, 1.54) is 12.3 Å². The van der Waals surface area contributed by atoms with Crippen LogP contribution in [0.5, 0.6) is 0 Å². The van der Waals surface area contributed by atoms with Crippen LogP contribution in [-0.2, 0) is 15.8 Å². The number of rotatable bonds is 6. The summed E-state index contributed by atoms with van der Waals surface area (Å²) in [5, 5.41) is 11.6. The minimum absolute atomic E-state index is 0.0622. The van der Waals surface area contributed by atoms with Crippen LogP contribution < -0.4 is 15.1 Å². The molecule has 2 amide bonds. The fourth-order valence-corrected chi connectivity index (χ4v) is 6.00. The number of carboxylic acids is 1. The SMILES string of the molecule is CC1CCCN(c2nc(C(F)(F)F)c(C(=O)Nc3ccc(N4CCN(C(=O)[C@H]5CC[C@H](C(=O)O)CC5)CC4)cn3)o2)C1. The molecule has 2 N–H and O–H groups in total. The third-order valence-corrected chi connectivity index (χ3v) is 8.39. The van der Waals surface area contributed by atoms with Gasteiger partial charge in [-0.05, 0) is 56.6 Å². The summed E-state index contributed by atoms with van der Waals surface area (Å²) in [6.07, 6.45) is 0.627. The molecule has 0 bridgehead atoms. The van der Waals surface area contributed by atoms with Crippen LogP contribution in [0.2, 0.25) is 0 Å². The summed E-state index contributed by atoms with van der Waals surface area (Å²) in [5.41, 5.74) is -0.619. The molecule has 11 nitrogen and oxygen atoms in total. The summed E-state index contributed by atoms with van der Waals surface area (Å²) < 4.78 is 46.5. The van der Waals surface area contributed by atoms with Gasteiger partial charge in [0.25, 0.3) is 11.9 Å². The fourth-order valence-electron chi connectivity index (χ4n) is 6.00. The maximum absolute atomic E-state index is 13.7. The number of halogens is 3. The lowest BCUT2D eigenvalue weighted by atomic mass is 9.81. The topological polar surface area (TPSA) is 132 Å². The average Bonchev–Trinajstić information content (AvgIpc) is 3.44. The van der Waals surface area contributed by atoms with Gasteiger partial charge in [0.05, 0.1) is 17.8 Å². The van der Waals surface area contributed by atoms with Crippen molar-refractivity contribution in [2.45, 2.75) is 51.6 Å². The van der Waals surface area contributed by atoms with E-state index in [2.05, 4.69) is 15.3 Å². The molecule has 1 atom stereocenters. The molecule has 42 heavy (non-hydrogen) atoms. The van der Waals surface area contributed by atoms with E-state index >= 15 is 0 Å². The van der Waals surface area contributed by atoms with Crippen molar-refractivity contribution in [3.63, 3.8) is 0 Å². The van der Waals surface area contributed by atoms with E-state index in [9.17, 15) is 32.7 Å². The number of pyridine rings is 1. The molecule has 2 aromatic heterocycles. The molecule has 0 aromatic carbocycles. The van der Waals surface area contributed by atoms with Crippen molar-refractivity contribution >= 4 is 35.3 Å².